The van der Waals surface area contributed by atoms with Crippen LogP contribution in [0.3, 0.4) is 0 Å². The number of ether oxygens (including phenoxy) is 1. The fourth-order valence-corrected chi connectivity index (χ4v) is 2.55. The Morgan fingerprint density at radius 2 is 2.14 bits per heavy atom. The second-order valence-corrected chi connectivity index (χ2v) is 6.24. The summed E-state index contributed by atoms with van der Waals surface area (Å²) in [7, 11) is -0.383. The maximum atomic E-state index is 11.4. The van der Waals surface area contributed by atoms with Crippen molar-refractivity contribution in [1.82, 2.24) is 9.78 Å². The number of hydrogen-bond acceptors (Lipinski definition) is 5. The molecule has 1 aromatic heterocycles. The van der Waals surface area contributed by atoms with E-state index in [0.29, 0.717) is 18.0 Å². The van der Waals surface area contributed by atoms with E-state index in [-0.39, 0.29) is 4.90 Å². The summed E-state index contributed by atoms with van der Waals surface area (Å²) < 4.78 is 29.8. The van der Waals surface area contributed by atoms with Crippen molar-refractivity contribution in [3.8, 4) is 5.75 Å². The zero-order valence-corrected chi connectivity index (χ0v) is 12.9. The highest BCUT2D eigenvalue weighted by Gasteiger charge is 2.12. The van der Waals surface area contributed by atoms with Gasteiger partial charge in [0.2, 0.25) is 10.0 Å². The van der Waals surface area contributed by atoms with Gasteiger partial charge in [-0.25, -0.2) is 13.6 Å². The van der Waals surface area contributed by atoms with Gasteiger partial charge in [0, 0.05) is 25.4 Å². The number of methoxy groups -OCH3 is 1. The third-order valence-electron chi connectivity index (χ3n) is 3.08. The number of benzene rings is 1. The van der Waals surface area contributed by atoms with Crippen LogP contribution in [-0.2, 0) is 23.6 Å². The van der Waals surface area contributed by atoms with Gasteiger partial charge in [-0.3, -0.25) is 4.68 Å². The maximum Gasteiger partial charge on any atom is 0.238 e. The number of nitrogens with zero attached hydrogens (tertiary/aromatic N) is 2. The molecule has 0 bridgehead atoms. The molecule has 0 saturated carbocycles. The fourth-order valence-electron chi connectivity index (χ4n) is 2.01. The topological polar surface area (TPSA) is 99.2 Å². The van der Waals surface area contributed by atoms with E-state index in [1.54, 1.807) is 10.7 Å². The van der Waals surface area contributed by atoms with Crippen LogP contribution in [-0.4, -0.2) is 25.3 Å². The summed E-state index contributed by atoms with van der Waals surface area (Å²) in [6, 6.07) is 4.44. The summed E-state index contributed by atoms with van der Waals surface area (Å²) in [5.41, 5.74) is 2.49. The van der Waals surface area contributed by atoms with Gasteiger partial charge < -0.3 is 10.1 Å². The van der Waals surface area contributed by atoms with Crippen LogP contribution >= 0.6 is 0 Å². The van der Waals surface area contributed by atoms with Crippen molar-refractivity contribution >= 4 is 15.7 Å². The summed E-state index contributed by atoms with van der Waals surface area (Å²) in [5.74, 6) is 0.545. The molecule has 21 heavy (non-hydrogen) atoms. The van der Waals surface area contributed by atoms with Crippen LogP contribution < -0.4 is 15.2 Å². The number of nitrogens with one attached hydrogen (secondary N) is 1. The third kappa shape index (κ3) is 3.53. The predicted molar refractivity (Wildman–Crippen MR) is 79.6 cm³/mol. The highest BCUT2D eigenvalue weighted by atomic mass is 32.2. The Labute approximate surface area is 123 Å². The minimum absolute atomic E-state index is 0.0358. The van der Waals surface area contributed by atoms with Crippen LogP contribution in [0.4, 0.5) is 5.69 Å². The monoisotopic (exact) mass is 310 g/mol. The van der Waals surface area contributed by atoms with Gasteiger partial charge >= 0.3 is 0 Å². The molecule has 0 amide bonds. The van der Waals surface area contributed by atoms with Gasteiger partial charge in [0.15, 0.2) is 0 Å². The Kier molecular flexibility index (Phi) is 4.19. The molecule has 0 fully saturated rings. The number of aromatic nitrogens is 2. The van der Waals surface area contributed by atoms with Crippen LogP contribution in [0.25, 0.3) is 0 Å². The summed E-state index contributed by atoms with van der Waals surface area (Å²) in [6.07, 6.45) is 1.90. The molecule has 0 aliphatic heterocycles. The molecule has 0 unspecified atom stereocenters. The van der Waals surface area contributed by atoms with Gasteiger partial charge in [0.05, 0.1) is 23.4 Å². The van der Waals surface area contributed by atoms with Crippen molar-refractivity contribution < 1.29 is 13.2 Å². The standard InChI is InChI=1S/C13H18N4O3S/c1-9-10(8-17(2)16-9)7-15-12-6-11(21(14,18)19)4-5-13(12)20-3/h4-6,8,15H,7H2,1-3H3,(H2,14,18,19). The summed E-state index contributed by atoms with van der Waals surface area (Å²) >= 11 is 0. The Hall–Kier alpha value is -2.06. The number of primary sulfonamides is 1. The Morgan fingerprint density at radius 3 is 2.67 bits per heavy atom. The number of rotatable bonds is 5. The Morgan fingerprint density at radius 1 is 1.43 bits per heavy atom. The highest BCUT2D eigenvalue weighted by Crippen LogP contribution is 2.27. The molecular weight excluding hydrogens is 292 g/mol. The quantitative estimate of drug-likeness (QED) is 0.858. The number of aryl methyl sites for hydroxylation is 2. The van der Waals surface area contributed by atoms with Crippen LogP contribution in [0.2, 0.25) is 0 Å². The van der Waals surface area contributed by atoms with E-state index in [1.165, 1.54) is 19.2 Å². The summed E-state index contributed by atoms with van der Waals surface area (Å²) in [6.45, 7) is 2.42. The smallest absolute Gasteiger partial charge is 0.238 e. The zero-order valence-electron chi connectivity index (χ0n) is 12.1. The molecule has 0 radical (unpaired) electrons. The van der Waals surface area contributed by atoms with Crippen molar-refractivity contribution in [2.75, 3.05) is 12.4 Å². The lowest BCUT2D eigenvalue weighted by Gasteiger charge is -2.12. The maximum absolute atomic E-state index is 11.4. The lowest BCUT2D eigenvalue weighted by Crippen LogP contribution is -2.13. The molecule has 1 heterocycles. The first-order valence-electron chi connectivity index (χ1n) is 6.25. The molecule has 0 saturated heterocycles. The lowest BCUT2D eigenvalue weighted by molar-refractivity contribution is 0.416. The van der Waals surface area contributed by atoms with Gasteiger partial charge in [-0.15, -0.1) is 0 Å². The molecule has 114 valence electrons. The van der Waals surface area contributed by atoms with E-state index in [0.717, 1.165) is 11.3 Å². The zero-order chi connectivity index (χ0) is 15.6. The average molecular weight is 310 g/mol. The van der Waals surface area contributed by atoms with E-state index in [1.807, 2.05) is 20.2 Å². The molecule has 2 aromatic rings. The summed E-state index contributed by atoms with van der Waals surface area (Å²) in [5, 5.41) is 12.5. The van der Waals surface area contributed by atoms with E-state index < -0.39 is 10.0 Å². The number of sulfonamides is 1. The van der Waals surface area contributed by atoms with E-state index >= 15 is 0 Å². The molecule has 8 heteroatoms. The van der Waals surface area contributed by atoms with Gasteiger partial charge in [-0.1, -0.05) is 0 Å². The number of hydrogen-bond donors (Lipinski definition) is 2. The third-order valence-corrected chi connectivity index (χ3v) is 3.99. The van der Waals surface area contributed by atoms with Crippen molar-refractivity contribution in [3.05, 3.63) is 35.7 Å². The van der Waals surface area contributed by atoms with Crippen molar-refractivity contribution in [1.29, 1.82) is 0 Å². The molecule has 3 N–H and O–H groups in total. The second-order valence-electron chi connectivity index (χ2n) is 4.67. The van der Waals surface area contributed by atoms with Crippen molar-refractivity contribution in [3.63, 3.8) is 0 Å². The van der Waals surface area contributed by atoms with Gasteiger partial charge in [-0.05, 0) is 25.1 Å². The van der Waals surface area contributed by atoms with E-state index in [9.17, 15) is 8.42 Å². The van der Waals surface area contributed by atoms with E-state index in [4.69, 9.17) is 9.88 Å². The van der Waals surface area contributed by atoms with Gasteiger partial charge in [-0.2, -0.15) is 5.10 Å². The van der Waals surface area contributed by atoms with Gasteiger partial charge in [0.25, 0.3) is 0 Å². The van der Waals surface area contributed by atoms with E-state index in [2.05, 4.69) is 10.4 Å². The molecule has 0 spiro atoms. The van der Waals surface area contributed by atoms with Crippen molar-refractivity contribution in [2.45, 2.75) is 18.4 Å². The highest BCUT2D eigenvalue weighted by molar-refractivity contribution is 7.89. The normalized spacial score (nSPS) is 11.4. The number of nitrogens with two attached hydrogens (primary N) is 1. The Balaban J connectivity index is 2.27. The van der Waals surface area contributed by atoms with Crippen molar-refractivity contribution in [2.24, 2.45) is 12.2 Å². The molecule has 7 nitrogen and oxygen atoms in total. The lowest BCUT2D eigenvalue weighted by atomic mass is 10.2. The summed E-state index contributed by atoms with van der Waals surface area (Å²) in [4.78, 5) is 0.0358. The molecular formula is C13H18N4O3S. The van der Waals surface area contributed by atoms with Crippen LogP contribution in [0.1, 0.15) is 11.3 Å². The number of anilines is 1. The minimum Gasteiger partial charge on any atom is -0.495 e. The SMILES string of the molecule is COc1ccc(S(N)(=O)=O)cc1NCc1cn(C)nc1C. The second kappa shape index (κ2) is 5.74. The molecule has 1 aromatic carbocycles. The Bertz CT molecular complexity index is 753. The molecule has 0 atom stereocenters. The molecule has 0 aliphatic rings. The van der Waals surface area contributed by atoms with Gasteiger partial charge in [0.1, 0.15) is 5.75 Å². The largest absolute Gasteiger partial charge is 0.495 e. The first kappa shape index (κ1) is 15.3. The fraction of sp³-hybridized carbons (Fsp3) is 0.308. The first-order valence-corrected chi connectivity index (χ1v) is 7.79. The predicted octanol–water partition coefficient (Wildman–Crippen LogP) is 0.997. The van der Waals surface area contributed by atoms with Crippen LogP contribution in [0, 0.1) is 6.92 Å². The first-order chi connectivity index (χ1) is 9.81. The molecule has 0 aliphatic carbocycles. The molecule has 2 rings (SSSR count). The van der Waals surface area contributed by atoms with Crippen LogP contribution in [0.5, 0.6) is 5.75 Å². The average Bonchev–Trinajstić information content (AvgIpc) is 2.73. The minimum atomic E-state index is -3.75. The van der Waals surface area contributed by atoms with Crippen LogP contribution in [0.15, 0.2) is 29.3 Å².